The normalized spacial score (nSPS) is 11.8. The topological polar surface area (TPSA) is 85.3 Å². The number of benzene rings is 1. The summed E-state index contributed by atoms with van der Waals surface area (Å²) in [5, 5.41) is 2.53. The number of primary amides is 1. The van der Waals surface area contributed by atoms with Gasteiger partial charge in [0.2, 0.25) is 5.91 Å². The second-order valence-corrected chi connectivity index (χ2v) is 4.60. The van der Waals surface area contributed by atoms with Gasteiger partial charge in [-0.1, -0.05) is 30.3 Å². The molecule has 0 aliphatic carbocycles. The average Bonchev–Trinajstić information content (AvgIpc) is 2.83. The van der Waals surface area contributed by atoms with Gasteiger partial charge in [0.15, 0.2) is 10.4 Å². The van der Waals surface area contributed by atoms with Crippen molar-refractivity contribution in [2.24, 2.45) is 5.73 Å². The zero-order chi connectivity index (χ0) is 13.8. The van der Waals surface area contributed by atoms with Crippen LogP contribution in [0.4, 0.5) is 0 Å². The Morgan fingerprint density at radius 2 is 1.84 bits per heavy atom. The highest BCUT2D eigenvalue weighted by atomic mass is 79.9. The number of halogens is 1. The third-order valence-corrected chi connectivity index (χ3v) is 2.92. The second kappa shape index (κ2) is 5.71. The van der Waals surface area contributed by atoms with Crippen molar-refractivity contribution >= 4 is 27.7 Å². The molecule has 0 aliphatic rings. The summed E-state index contributed by atoms with van der Waals surface area (Å²) in [7, 11) is 0. The molecule has 98 valence electrons. The van der Waals surface area contributed by atoms with Crippen LogP contribution in [0.15, 0.2) is 51.6 Å². The van der Waals surface area contributed by atoms with E-state index in [1.807, 2.05) is 6.07 Å². The number of furan rings is 1. The molecule has 2 aromatic rings. The van der Waals surface area contributed by atoms with Crippen LogP contribution in [0, 0.1) is 0 Å². The van der Waals surface area contributed by atoms with E-state index < -0.39 is 17.9 Å². The van der Waals surface area contributed by atoms with Crippen LogP contribution in [0.1, 0.15) is 22.2 Å². The van der Waals surface area contributed by atoms with Crippen LogP contribution < -0.4 is 11.1 Å². The Balaban J connectivity index is 2.18. The molecule has 1 heterocycles. The van der Waals surface area contributed by atoms with Crippen molar-refractivity contribution in [2.75, 3.05) is 0 Å². The number of nitrogens with two attached hydrogens (primary N) is 1. The molecule has 19 heavy (non-hydrogen) atoms. The molecule has 0 aliphatic heterocycles. The van der Waals surface area contributed by atoms with Gasteiger partial charge in [-0.25, -0.2) is 0 Å². The molecule has 2 rings (SSSR count). The maximum atomic E-state index is 11.9. The highest BCUT2D eigenvalue weighted by Gasteiger charge is 2.22. The summed E-state index contributed by atoms with van der Waals surface area (Å²) in [6.07, 6.45) is 0. The summed E-state index contributed by atoms with van der Waals surface area (Å²) in [5.41, 5.74) is 5.93. The first-order valence-corrected chi connectivity index (χ1v) is 6.27. The number of nitrogens with one attached hydrogen (secondary N) is 1. The molecule has 1 aromatic carbocycles. The van der Waals surface area contributed by atoms with Gasteiger partial charge in [-0.2, -0.15) is 0 Å². The number of hydrogen-bond acceptors (Lipinski definition) is 3. The summed E-state index contributed by atoms with van der Waals surface area (Å²) in [4.78, 5) is 23.4. The molecule has 2 amide bonds. The van der Waals surface area contributed by atoms with Gasteiger partial charge in [-0.3, -0.25) is 9.59 Å². The monoisotopic (exact) mass is 322 g/mol. The second-order valence-electron chi connectivity index (χ2n) is 3.82. The van der Waals surface area contributed by atoms with E-state index >= 15 is 0 Å². The lowest BCUT2D eigenvalue weighted by atomic mass is 10.1. The minimum absolute atomic E-state index is 0.106. The van der Waals surface area contributed by atoms with Gasteiger partial charge in [0.25, 0.3) is 5.91 Å². The Bertz CT molecular complexity index is 595. The molecule has 5 nitrogen and oxygen atoms in total. The standard InChI is InChI=1S/C13H11BrN2O3/c14-10-7-6-9(19-10)13(18)16-11(12(15)17)8-4-2-1-3-5-8/h1-7,11H,(H2,15,17)(H,16,18). The summed E-state index contributed by atoms with van der Waals surface area (Å²) < 4.78 is 5.55. The molecule has 1 atom stereocenters. The first-order valence-electron chi connectivity index (χ1n) is 5.48. The van der Waals surface area contributed by atoms with E-state index in [9.17, 15) is 9.59 Å². The van der Waals surface area contributed by atoms with Gasteiger partial charge in [0, 0.05) is 0 Å². The van der Waals surface area contributed by atoms with Crippen LogP contribution in [-0.4, -0.2) is 11.8 Å². The highest BCUT2D eigenvalue weighted by molar-refractivity contribution is 9.10. The van der Waals surface area contributed by atoms with E-state index in [0.717, 1.165) is 0 Å². The minimum Gasteiger partial charge on any atom is -0.444 e. The molecule has 1 unspecified atom stereocenters. The molecule has 0 radical (unpaired) electrons. The molecule has 0 saturated heterocycles. The van der Waals surface area contributed by atoms with Crippen LogP contribution in [-0.2, 0) is 4.79 Å². The van der Waals surface area contributed by atoms with Crippen LogP contribution in [0.3, 0.4) is 0 Å². The van der Waals surface area contributed by atoms with Crippen LogP contribution in [0.25, 0.3) is 0 Å². The van der Waals surface area contributed by atoms with Crippen molar-refractivity contribution in [3.05, 3.63) is 58.5 Å². The molecule has 0 saturated carbocycles. The van der Waals surface area contributed by atoms with E-state index in [1.165, 1.54) is 6.07 Å². The number of carbonyl (C=O) groups is 2. The van der Waals surface area contributed by atoms with Gasteiger partial charge >= 0.3 is 0 Å². The van der Waals surface area contributed by atoms with Crippen molar-refractivity contribution in [1.82, 2.24) is 5.32 Å². The first kappa shape index (κ1) is 13.4. The number of rotatable bonds is 4. The van der Waals surface area contributed by atoms with Crippen molar-refractivity contribution < 1.29 is 14.0 Å². The zero-order valence-electron chi connectivity index (χ0n) is 9.80. The minimum atomic E-state index is -0.891. The largest absolute Gasteiger partial charge is 0.444 e. The smallest absolute Gasteiger partial charge is 0.287 e. The molecule has 3 N–H and O–H groups in total. The van der Waals surface area contributed by atoms with Crippen LogP contribution >= 0.6 is 15.9 Å². The van der Waals surface area contributed by atoms with Crippen molar-refractivity contribution in [2.45, 2.75) is 6.04 Å². The predicted octanol–water partition coefficient (Wildman–Crippen LogP) is 2.00. The van der Waals surface area contributed by atoms with E-state index in [4.69, 9.17) is 10.2 Å². The average molecular weight is 323 g/mol. The van der Waals surface area contributed by atoms with Crippen LogP contribution in [0.5, 0.6) is 0 Å². The number of amides is 2. The first-order chi connectivity index (χ1) is 9.08. The van der Waals surface area contributed by atoms with E-state index in [2.05, 4.69) is 21.2 Å². The molecular formula is C13H11BrN2O3. The quantitative estimate of drug-likeness (QED) is 0.902. The summed E-state index contributed by atoms with van der Waals surface area (Å²) >= 11 is 3.10. The predicted molar refractivity (Wildman–Crippen MR) is 72.3 cm³/mol. The molecule has 1 aromatic heterocycles. The zero-order valence-corrected chi connectivity index (χ0v) is 11.4. The molecule has 0 bridgehead atoms. The number of carbonyl (C=O) groups excluding carboxylic acids is 2. The fourth-order valence-electron chi connectivity index (χ4n) is 1.60. The van der Waals surface area contributed by atoms with Gasteiger partial charge in [-0.05, 0) is 33.6 Å². The van der Waals surface area contributed by atoms with E-state index in [0.29, 0.717) is 10.2 Å². The fraction of sp³-hybridized carbons (Fsp3) is 0.0769. The van der Waals surface area contributed by atoms with Crippen molar-refractivity contribution in [1.29, 1.82) is 0 Å². The molecule has 6 heteroatoms. The Hall–Kier alpha value is -2.08. The number of hydrogen-bond donors (Lipinski definition) is 2. The highest BCUT2D eigenvalue weighted by Crippen LogP contribution is 2.16. The van der Waals surface area contributed by atoms with Crippen molar-refractivity contribution in [3.8, 4) is 0 Å². The van der Waals surface area contributed by atoms with E-state index in [-0.39, 0.29) is 5.76 Å². The summed E-state index contributed by atoms with van der Waals surface area (Å²) in [6.45, 7) is 0. The maximum absolute atomic E-state index is 11.9. The van der Waals surface area contributed by atoms with E-state index in [1.54, 1.807) is 30.3 Å². The Morgan fingerprint density at radius 3 is 2.37 bits per heavy atom. The van der Waals surface area contributed by atoms with Crippen molar-refractivity contribution in [3.63, 3.8) is 0 Å². The molecular weight excluding hydrogens is 312 g/mol. The fourth-order valence-corrected chi connectivity index (χ4v) is 1.91. The maximum Gasteiger partial charge on any atom is 0.287 e. The van der Waals surface area contributed by atoms with Gasteiger partial charge in [0.1, 0.15) is 6.04 Å². The lowest BCUT2D eigenvalue weighted by molar-refractivity contribution is -0.120. The Morgan fingerprint density at radius 1 is 1.16 bits per heavy atom. The molecule has 0 spiro atoms. The van der Waals surface area contributed by atoms with Gasteiger partial charge < -0.3 is 15.5 Å². The van der Waals surface area contributed by atoms with Crippen LogP contribution in [0.2, 0.25) is 0 Å². The van der Waals surface area contributed by atoms with Gasteiger partial charge in [0.05, 0.1) is 0 Å². The molecule has 0 fully saturated rings. The third kappa shape index (κ3) is 3.23. The Kier molecular flexibility index (Phi) is 4.01. The summed E-state index contributed by atoms with van der Waals surface area (Å²) in [5.74, 6) is -1.03. The third-order valence-electron chi connectivity index (χ3n) is 2.49. The SMILES string of the molecule is NC(=O)C(NC(=O)c1ccc(Br)o1)c1ccccc1. The Labute approximate surface area is 117 Å². The lowest BCUT2D eigenvalue weighted by Crippen LogP contribution is -2.37. The lowest BCUT2D eigenvalue weighted by Gasteiger charge is -2.14. The summed E-state index contributed by atoms with van der Waals surface area (Å²) in [6, 6.07) is 11.0. The van der Waals surface area contributed by atoms with Gasteiger partial charge in [-0.15, -0.1) is 0 Å².